The van der Waals surface area contributed by atoms with Gasteiger partial charge < -0.3 is 5.73 Å². The van der Waals surface area contributed by atoms with E-state index in [1.165, 1.54) is 0 Å². The molecule has 0 spiro atoms. The standard InChI is InChI=1S/C11H11Cl2N3/c12-9-1-2-11(13)8(5-9)7-16-4-3-10(6-14)15-16/h1-5H,6-7,14H2. The van der Waals surface area contributed by atoms with Crippen molar-refractivity contribution in [3.05, 3.63) is 51.8 Å². The van der Waals surface area contributed by atoms with E-state index in [4.69, 9.17) is 28.9 Å². The molecule has 0 aliphatic rings. The fourth-order valence-electron chi connectivity index (χ4n) is 1.44. The van der Waals surface area contributed by atoms with Crippen LogP contribution in [0.1, 0.15) is 11.3 Å². The van der Waals surface area contributed by atoms with Crippen molar-refractivity contribution >= 4 is 23.2 Å². The lowest BCUT2D eigenvalue weighted by Gasteiger charge is -2.05. The Morgan fingerprint density at radius 3 is 2.75 bits per heavy atom. The third kappa shape index (κ3) is 2.55. The van der Waals surface area contributed by atoms with E-state index in [9.17, 15) is 0 Å². The molecule has 84 valence electrons. The summed E-state index contributed by atoms with van der Waals surface area (Å²) in [6, 6.07) is 7.28. The summed E-state index contributed by atoms with van der Waals surface area (Å²) in [6.45, 7) is 1.04. The Hall–Kier alpha value is -1.03. The van der Waals surface area contributed by atoms with Gasteiger partial charge in [-0.1, -0.05) is 23.2 Å². The molecular weight excluding hydrogens is 245 g/mol. The number of benzene rings is 1. The smallest absolute Gasteiger partial charge is 0.0760 e. The number of hydrogen-bond acceptors (Lipinski definition) is 2. The van der Waals surface area contributed by atoms with Crippen LogP contribution in [0, 0.1) is 0 Å². The Morgan fingerprint density at radius 1 is 1.25 bits per heavy atom. The Kier molecular flexibility index (Phi) is 3.49. The average molecular weight is 256 g/mol. The summed E-state index contributed by atoms with van der Waals surface area (Å²) in [5, 5.41) is 5.65. The minimum Gasteiger partial charge on any atom is -0.325 e. The second-order valence-electron chi connectivity index (χ2n) is 3.44. The molecule has 1 heterocycles. The van der Waals surface area contributed by atoms with E-state index in [0.29, 0.717) is 23.1 Å². The lowest BCUT2D eigenvalue weighted by atomic mass is 10.2. The van der Waals surface area contributed by atoms with Gasteiger partial charge in [0, 0.05) is 22.8 Å². The average Bonchev–Trinajstić information content (AvgIpc) is 2.71. The lowest BCUT2D eigenvalue weighted by molar-refractivity contribution is 0.672. The maximum absolute atomic E-state index is 6.06. The maximum atomic E-state index is 6.06. The van der Waals surface area contributed by atoms with Crippen LogP contribution in [0.25, 0.3) is 0 Å². The molecule has 5 heteroatoms. The van der Waals surface area contributed by atoms with Crippen LogP contribution in [0.4, 0.5) is 0 Å². The quantitative estimate of drug-likeness (QED) is 0.917. The Bertz CT molecular complexity index is 494. The minimum atomic E-state index is 0.441. The third-order valence-electron chi connectivity index (χ3n) is 2.25. The van der Waals surface area contributed by atoms with Gasteiger partial charge in [-0.2, -0.15) is 5.10 Å². The van der Waals surface area contributed by atoms with E-state index in [1.807, 2.05) is 18.3 Å². The van der Waals surface area contributed by atoms with Crippen molar-refractivity contribution in [3.63, 3.8) is 0 Å². The van der Waals surface area contributed by atoms with Gasteiger partial charge >= 0.3 is 0 Å². The van der Waals surface area contributed by atoms with Crippen molar-refractivity contribution in [1.82, 2.24) is 9.78 Å². The molecule has 2 aromatic rings. The molecule has 0 unspecified atom stereocenters. The van der Waals surface area contributed by atoms with Crippen molar-refractivity contribution < 1.29 is 0 Å². The summed E-state index contributed by atoms with van der Waals surface area (Å²) in [6.07, 6.45) is 1.87. The van der Waals surface area contributed by atoms with E-state index in [1.54, 1.807) is 16.8 Å². The molecule has 0 saturated heterocycles. The van der Waals surface area contributed by atoms with Crippen LogP contribution in [0.2, 0.25) is 10.0 Å². The third-order valence-corrected chi connectivity index (χ3v) is 2.85. The Balaban J connectivity index is 2.22. The van der Waals surface area contributed by atoms with E-state index >= 15 is 0 Å². The summed E-state index contributed by atoms with van der Waals surface area (Å²) in [5.41, 5.74) is 7.29. The highest BCUT2D eigenvalue weighted by Gasteiger charge is 2.03. The highest BCUT2D eigenvalue weighted by molar-refractivity contribution is 6.33. The van der Waals surface area contributed by atoms with Gasteiger partial charge in [-0.15, -0.1) is 0 Å². The molecule has 1 aromatic heterocycles. The van der Waals surface area contributed by atoms with Crippen molar-refractivity contribution in [3.8, 4) is 0 Å². The Labute approximate surface area is 104 Å². The normalized spacial score (nSPS) is 10.7. The zero-order chi connectivity index (χ0) is 11.5. The number of hydrogen-bond donors (Lipinski definition) is 1. The van der Waals surface area contributed by atoms with Crippen molar-refractivity contribution in [2.75, 3.05) is 0 Å². The maximum Gasteiger partial charge on any atom is 0.0760 e. The largest absolute Gasteiger partial charge is 0.325 e. The number of rotatable bonds is 3. The first kappa shape index (κ1) is 11.5. The topological polar surface area (TPSA) is 43.8 Å². The van der Waals surface area contributed by atoms with Crippen LogP contribution < -0.4 is 5.73 Å². The summed E-state index contributed by atoms with van der Waals surface area (Å²) >= 11 is 12.0. The number of nitrogens with two attached hydrogens (primary N) is 1. The molecule has 16 heavy (non-hydrogen) atoms. The van der Waals surface area contributed by atoms with Crippen LogP contribution in [0.5, 0.6) is 0 Å². The molecule has 0 bridgehead atoms. The second-order valence-corrected chi connectivity index (χ2v) is 4.29. The molecule has 1 aromatic carbocycles. The number of nitrogens with zero attached hydrogens (tertiary/aromatic N) is 2. The molecule has 0 amide bonds. The predicted octanol–water partition coefficient (Wildman–Crippen LogP) is 2.70. The monoisotopic (exact) mass is 255 g/mol. The van der Waals surface area contributed by atoms with Crippen LogP contribution in [-0.2, 0) is 13.1 Å². The molecule has 0 fully saturated rings. The first-order valence-corrected chi connectivity index (χ1v) is 5.61. The highest BCUT2D eigenvalue weighted by Crippen LogP contribution is 2.21. The molecule has 0 atom stereocenters. The van der Waals surface area contributed by atoms with E-state index < -0.39 is 0 Å². The summed E-state index contributed by atoms with van der Waals surface area (Å²) in [5.74, 6) is 0. The van der Waals surface area contributed by atoms with Gasteiger partial charge in [-0.05, 0) is 29.8 Å². The van der Waals surface area contributed by atoms with Crippen molar-refractivity contribution in [2.24, 2.45) is 5.73 Å². The molecular formula is C11H11Cl2N3. The Morgan fingerprint density at radius 2 is 2.06 bits per heavy atom. The minimum absolute atomic E-state index is 0.441. The van der Waals surface area contributed by atoms with Crippen molar-refractivity contribution in [1.29, 1.82) is 0 Å². The van der Waals surface area contributed by atoms with Gasteiger partial charge in [-0.3, -0.25) is 4.68 Å². The van der Waals surface area contributed by atoms with Crippen LogP contribution in [0.3, 0.4) is 0 Å². The SMILES string of the molecule is NCc1ccn(Cc2cc(Cl)ccc2Cl)n1. The highest BCUT2D eigenvalue weighted by atomic mass is 35.5. The number of halogens is 2. The van der Waals surface area contributed by atoms with Gasteiger partial charge in [0.15, 0.2) is 0 Å². The fourth-order valence-corrected chi connectivity index (χ4v) is 1.81. The van der Waals surface area contributed by atoms with Gasteiger partial charge in [0.1, 0.15) is 0 Å². The molecule has 0 saturated carbocycles. The summed E-state index contributed by atoms with van der Waals surface area (Å²) < 4.78 is 1.79. The molecule has 2 N–H and O–H groups in total. The van der Waals surface area contributed by atoms with Crippen LogP contribution in [0.15, 0.2) is 30.5 Å². The zero-order valence-electron chi connectivity index (χ0n) is 8.53. The summed E-state index contributed by atoms with van der Waals surface area (Å²) in [4.78, 5) is 0. The second kappa shape index (κ2) is 4.87. The van der Waals surface area contributed by atoms with E-state index in [-0.39, 0.29) is 0 Å². The first-order valence-electron chi connectivity index (χ1n) is 4.85. The van der Waals surface area contributed by atoms with Crippen LogP contribution in [-0.4, -0.2) is 9.78 Å². The molecule has 0 radical (unpaired) electrons. The van der Waals surface area contributed by atoms with Gasteiger partial charge in [0.2, 0.25) is 0 Å². The van der Waals surface area contributed by atoms with Gasteiger partial charge in [0.25, 0.3) is 0 Å². The van der Waals surface area contributed by atoms with Gasteiger partial charge in [-0.25, -0.2) is 0 Å². The lowest BCUT2D eigenvalue weighted by Crippen LogP contribution is -2.03. The van der Waals surface area contributed by atoms with E-state index in [2.05, 4.69) is 5.10 Å². The van der Waals surface area contributed by atoms with Crippen LogP contribution >= 0.6 is 23.2 Å². The predicted molar refractivity (Wildman–Crippen MR) is 65.7 cm³/mol. The summed E-state index contributed by atoms with van der Waals surface area (Å²) in [7, 11) is 0. The van der Waals surface area contributed by atoms with Crippen molar-refractivity contribution in [2.45, 2.75) is 13.1 Å². The fraction of sp³-hybridized carbons (Fsp3) is 0.182. The molecule has 3 nitrogen and oxygen atoms in total. The van der Waals surface area contributed by atoms with Gasteiger partial charge in [0.05, 0.1) is 12.2 Å². The molecule has 2 rings (SSSR count). The molecule has 0 aliphatic heterocycles. The molecule has 0 aliphatic carbocycles. The zero-order valence-corrected chi connectivity index (χ0v) is 10.0. The first-order chi connectivity index (χ1) is 7.69. The van der Waals surface area contributed by atoms with E-state index in [0.717, 1.165) is 11.3 Å². The number of aromatic nitrogens is 2.